The normalized spacial score (nSPS) is 11.5. The first-order chi connectivity index (χ1) is 10.1. The van der Waals surface area contributed by atoms with Gasteiger partial charge in [-0.15, -0.1) is 0 Å². The predicted molar refractivity (Wildman–Crippen MR) is 79.5 cm³/mol. The molecule has 4 heteroatoms. The number of hydrogen-bond donors (Lipinski definition) is 1. The summed E-state index contributed by atoms with van der Waals surface area (Å²) >= 11 is 0. The Morgan fingerprint density at radius 3 is 2.05 bits per heavy atom. The van der Waals surface area contributed by atoms with Crippen LogP contribution in [-0.4, -0.2) is 11.1 Å². The number of rotatable bonds is 7. The molecule has 0 radical (unpaired) electrons. The first-order valence-corrected chi connectivity index (χ1v) is 7.16. The number of aliphatic hydroxyl groups excluding tert-OH is 1. The molecule has 0 amide bonds. The van der Waals surface area contributed by atoms with Gasteiger partial charge < -0.3 is 15.0 Å². The van der Waals surface area contributed by atoms with Gasteiger partial charge in [0.2, 0.25) is 0 Å². The zero-order valence-corrected chi connectivity index (χ0v) is 12.9. The monoisotopic (exact) mass is 290 g/mol. The van der Waals surface area contributed by atoms with Gasteiger partial charge in [-0.3, -0.25) is 0 Å². The number of aliphatic carboxylic acids is 1. The Balaban J connectivity index is 0.00000242. The molecule has 2 aromatic carbocycles. The van der Waals surface area contributed by atoms with Gasteiger partial charge in [0.15, 0.2) is 0 Å². The third kappa shape index (κ3) is 6.07. The van der Waals surface area contributed by atoms with Crippen LogP contribution in [0.25, 0.3) is 0 Å². The second-order valence-electron chi connectivity index (χ2n) is 5.15. The molecule has 0 aromatic heterocycles. The Hall–Kier alpha value is -1.53. The first-order valence-electron chi connectivity index (χ1n) is 7.16. The van der Waals surface area contributed by atoms with Crippen LogP contribution >= 0.6 is 0 Å². The van der Waals surface area contributed by atoms with E-state index in [0.29, 0.717) is 0 Å². The molecular formula is C18H19LiO3. The number of carbonyl (C=O) groups is 1. The molecule has 0 spiro atoms. The largest absolute Gasteiger partial charge is 1.00 e. The molecule has 110 valence electrons. The van der Waals surface area contributed by atoms with E-state index in [2.05, 4.69) is 12.1 Å². The molecule has 0 bridgehead atoms. The van der Waals surface area contributed by atoms with E-state index in [9.17, 15) is 15.0 Å². The van der Waals surface area contributed by atoms with E-state index in [1.54, 1.807) is 0 Å². The Labute approximate surface area is 143 Å². The van der Waals surface area contributed by atoms with Crippen molar-refractivity contribution in [2.45, 2.75) is 31.8 Å². The van der Waals surface area contributed by atoms with Gasteiger partial charge in [-0.2, -0.15) is 0 Å². The predicted octanol–water partition coefficient (Wildman–Crippen LogP) is -0.961. The van der Waals surface area contributed by atoms with Crippen molar-refractivity contribution in [3.05, 3.63) is 71.3 Å². The minimum Gasteiger partial charge on any atom is -0.550 e. The average Bonchev–Trinajstić information content (AvgIpc) is 2.52. The van der Waals surface area contributed by atoms with Crippen molar-refractivity contribution in [1.29, 1.82) is 0 Å². The van der Waals surface area contributed by atoms with Crippen LogP contribution in [0.5, 0.6) is 0 Å². The first kappa shape index (κ1) is 18.5. The summed E-state index contributed by atoms with van der Waals surface area (Å²) < 4.78 is 0. The Kier molecular flexibility index (Phi) is 7.98. The van der Waals surface area contributed by atoms with E-state index in [-0.39, 0.29) is 31.7 Å². The van der Waals surface area contributed by atoms with Crippen LogP contribution in [0.4, 0.5) is 0 Å². The summed E-state index contributed by atoms with van der Waals surface area (Å²) in [7, 11) is 0. The van der Waals surface area contributed by atoms with Crippen LogP contribution < -0.4 is 24.0 Å². The molecule has 0 saturated carbocycles. The summed E-state index contributed by atoms with van der Waals surface area (Å²) in [5.74, 6) is -1.13. The van der Waals surface area contributed by atoms with Gasteiger partial charge in [-0.1, -0.05) is 54.6 Å². The van der Waals surface area contributed by atoms with Gasteiger partial charge in [0.25, 0.3) is 0 Å². The minimum atomic E-state index is -1.13. The number of carbonyl (C=O) groups excluding carboxylic acids is 1. The third-order valence-corrected chi connectivity index (χ3v) is 3.53. The minimum absolute atomic E-state index is 0. The van der Waals surface area contributed by atoms with Gasteiger partial charge in [0.05, 0.1) is 6.10 Å². The Bertz CT molecular complexity index is 567. The summed E-state index contributed by atoms with van der Waals surface area (Å²) in [5, 5.41) is 20.3. The molecule has 0 fully saturated rings. The van der Waals surface area contributed by atoms with Crippen LogP contribution in [0, 0.1) is 0 Å². The van der Waals surface area contributed by atoms with E-state index < -0.39 is 12.1 Å². The van der Waals surface area contributed by atoms with E-state index in [4.69, 9.17) is 0 Å². The fourth-order valence-electron chi connectivity index (χ4n) is 2.26. The summed E-state index contributed by atoms with van der Waals surface area (Å²) in [6.45, 7) is 0. The smallest absolute Gasteiger partial charge is 0.550 e. The van der Waals surface area contributed by atoms with E-state index >= 15 is 0 Å². The van der Waals surface area contributed by atoms with Gasteiger partial charge in [0.1, 0.15) is 0 Å². The number of carboxylic acids is 1. The zero-order chi connectivity index (χ0) is 15.1. The molecule has 0 aliphatic rings. The second kappa shape index (κ2) is 9.48. The molecule has 0 heterocycles. The standard InChI is InChI=1S/C18H20O3.Li/c19-17(12-13-18(20)21)16-10-8-15(9-11-16)7-6-14-4-2-1-3-5-14;/h1-5,8-11,17,19H,6-7,12-13H2,(H,20,21);/q;+1/p-1. The molecule has 0 saturated heterocycles. The molecule has 3 nitrogen and oxygen atoms in total. The Morgan fingerprint density at radius 2 is 1.50 bits per heavy atom. The summed E-state index contributed by atoms with van der Waals surface area (Å²) in [6.07, 6.45) is 1.24. The maximum Gasteiger partial charge on any atom is 1.00 e. The van der Waals surface area contributed by atoms with Crippen LogP contribution in [0.3, 0.4) is 0 Å². The SMILES string of the molecule is O=C([O-])CCC(O)c1ccc(CCc2ccccc2)cc1.[Li+]. The van der Waals surface area contributed by atoms with Crippen molar-refractivity contribution in [1.82, 2.24) is 0 Å². The average molecular weight is 290 g/mol. The number of hydrogen-bond acceptors (Lipinski definition) is 3. The second-order valence-corrected chi connectivity index (χ2v) is 5.15. The number of carboxylic acid groups (broad SMARTS) is 1. The molecule has 1 atom stereocenters. The van der Waals surface area contributed by atoms with Gasteiger partial charge in [0, 0.05) is 5.97 Å². The summed E-state index contributed by atoms with van der Waals surface area (Å²) in [5.41, 5.74) is 3.25. The van der Waals surface area contributed by atoms with Crippen molar-refractivity contribution in [3.8, 4) is 0 Å². The van der Waals surface area contributed by atoms with Crippen LogP contribution in [0.15, 0.2) is 54.6 Å². The molecule has 2 rings (SSSR count). The quantitative estimate of drug-likeness (QED) is 0.668. The van der Waals surface area contributed by atoms with E-state index in [1.807, 2.05) is 42.5 Å². The molecular weight excluding hydrogens is 271 g/mol. The number of aliphatic hydroxyl groups is 1. The van der Waals surface area contributed by atoms with Crippen LogP contribution in [-0.2, 0) is 17.6 Å². The van der Waals surface area contributed by atoms with Gasteiger partial charge >= 0.3 is 18.9 Å². The van der Waals surface area contributed by atoms with Crippen molar-refractivity contribution < 1.29 is 33.9 Å². The van der Waals surface area contributed by atoms with Crippen LogP contribution in [0.1, 0.15) is 35.6 Å². The number of aryl methyl sites for hydroxylation is 2. The topological polar surface area (TPSA) is 60.4 Å². The molecule has 0 aliphatic carbocycles. The van der Waals surface area contributed by atoms with E-state index in [1.165, 1.54) is 11.1 Å². The molecule has 0 aliphatic heterocycles. The van der Waals surface area contributed by atoms with Gasteiger partial charge in [-0.25, -0.2) is 0 Å². The van der Waals surface area contributed by atoms with Crippen molar-refractivity contribution in [3.63, 3.8) is 0 Å². The van der Waals surface area contributed by atoms with Crippen molar-refractivity contribution in [2.75, 3.05) is 0 Å². The molecule has 1 unspecified atom stereocenters. The van der Waals surface area contributed by atoms with Gasteiger partial charge in [-0.05, 0) is 42.4 Å². The van der Waals surface area contributed by atoms with Crippen molar-refractivity contribution >= 4 is 5.97 Å². The maximum absolute atomic E-state index is 10.4. The molecule has 22 heavy (non-hydrogen) atoms. The Morgan fingerprint density at radius 1 is 0.955 bits per heavy atom. The van der Waals surface area contributed by atoms with Crippen LogP contribution in [0.2, 0.25) is 0 Å². The van der Waals surface area contributed by atoms with E-state index in [0.717, 1.165) is 18.4 Å². The van der Waals surface area contributed by atoms with Crippen molar-refractivity contribution in [2.24, 2.45) is 0 Å². The molecule has 2 aromatic rings. The maximum atomic E-state index is 10.4. The fourth-order valence-corrected chi connectivity index (χ4v) is 2.26. The summed E-state index contributed by atoms with van der Waals surface area (Å²) in [4.78, 5) is 10.4. The fraction of sp³-hybridized carbons (Fsp3) is 0.278. The number of benzene rings is 2. The summed E-state index contributed by atoms with van der Waals surface area (Å²) in [6, 6.07) is 18.0. The third-order valence-electron chi connectivity index (χ3n) is 3.53. The zero-order valence-electron chi connectivity index (χ0n) is 12.9. The molecule has 1 N–H and O–H groups in total.